The zero-order valence-corrected chi connectivity index (χ0v) is 37.8. The van der Waals surface area contributed by atoms with Gasteiger partial charge in [0.25, 0.3) is 0 Å². The predicted octanol–water partition coefficient (Wildman–Crippen LogP) is 18.0. The smallest absolute Gasteiger partial charge is 0.0561 e. The van der Waals surface area contributed by atoms with Gasteiger partial charge in [0.05, 0.1) is 27.8 Å². The second kappa shape index (κ2) is 16.9. The number of hydrogen-bond donors (Lipinski definition) is 0. The summed E-state index contributed by atoms with van der Waals surface area (Å²) in [7, 11) is 0. The first-order chi connectivity index (χ1) is 34.3. The average Bonchev–Trinajstić information content (AvgIpc) is 3.95. The number of aromatic nitrogens is 2. The molecule has 3 heteroatoms. The van der Waals surface area contributed by atoms with Crippen molar-refractivity contribution >= 4 is 60.7 Å². The number of nitrogens with zero attached hydrogens (tertiary/aromatic N) is 3. The maximum atomic E-state index is 2.47. The Morgan fingerprint density at radius 2 is 0.710 bits per heavy atom. The molecule has 13 rings (SSSR count). The topological polar surface area (TPSA) is 13.1 Å². The molecule has 0 aliphatic carbocycles. The molecule has 13 aromatic rings. The summed E-state index contributed by atoms with van der Waals surface area (Å²) in [5, 5.41) is 4.92. The normalized spacial score (nSPS) is 11.5. The second-order valence-corrected chi connectivity index (χ2v) is 17.6. The highest BCUT2D eigenvalue weighted by Gasteiger charge is 2.25. The molecule has 3 nitrogen and oxygen atoms in total. The molecular formula is C66H45N3. The van der Waals surface area contributed by atoms with E-state index in [4.69, 9.17) is 0 Å². The highest BCUT2D eigenvalue weighted by Crippen LogP contribution is 2.49. The number of hydrogen-bond acceptors (Lipinski definition) is 1. The van der Waals surface area contributed by atoms with Gasteiger partial charge in [-0.1, -0.05) is 200 Å². The lowest BCUT2D eigenvalue weighted by atomic mass is 9.87. The molecule has 0 radical (unpaired) electrons. The molecule has 0 N–H and O–H groups in total. The molecule has 2 aromatic heterocycles. The van der Waals surface area contributed by atoms with Crippen LogP contribution < -0.4 is 4.90 Å². The van der Waals surface area contributed by atoms with Crippen molar-refractivity contribution in [3.05, 3.63) is 273 Å². The van der Waals surface area contributed by atoms with Crippen LogP contribution in [-0.2, 0) is 0 Å². The predicted molar refractivity (Wildman–Crippen MR) is 292 cm³/mol. The molecule has 69 heavy (non-hydrogen) atoms. The van der Waals surface area contributed by atoms with Gasteiger partial charge in [0.15, 0.2) is 0 Å². The van der Waals surface area contributed by atoms with E-state index in [2.05, 4.69) is 287 Å². The van der Waals surface area contributed by atoms with Crippen LogP contribution in [0.1, 0.15) is 0 Å². The number of fused-ring (bicyclic) bond motifs is 6. The van der Waals surface area contributed by atoms with Gasteiger partial charge in [-0.2, -0.15) is 0 Å². The van der Waals surface area contributed by atoms with E-state index in [1.165, 1.54) is 65.9 Å². The number of rotatable bonds is 9. The Hall–Kier alpha value is -9.18. The van der Waals surface area contributed by atoms with Crippen LogP contribution >= 0.6 is 0 Å². The lowest BCUT2D eigenvalue weighted by Gasteiger charge is -2.30. The van der Waals surface area contributed by atoms with Crippen molar-refractivity contribution in [1.29, 1.82) is 0 Å². The van der Waals surface area contributed by atoms with Crippen molar-refractivity contribution in [2.75, 3.05) is 4.90 Å². The van der Waals surface area contributed by atoms with Crippen molar-refractivity contribution in [2.45, 2.75) is 0 Å². The minimum Gasteiger partial charge on any atom is -0.310 e. The number of para-hydroxylation sites is 4. The maximum Gasteiger partial charge on any atom is 0.0561 e. The summed E-state index contributed by atoms with van der Waals surface area (Å²) < 4.78 is 4.80. The third-order valence-corrected chi connectivity index (χ3v) is 13.7. The van der Waals surface area contributed by atoms with E-state index in [9.17, 15) is 0 Å². The quantitative estimate of drug-likeness (QED) is 0.141. The molecule has 0 atom stereocenters. The van der Waals surface area contributed by atoms with Crippen molar-refractivity contribution in [3.8, 4) is 55.9 Å². The van der Waals surface area contributed by atoms with Crippen LogP contribution in [0.5, 0.6) is 0 Å². The fraction of sp³-hybridized carbons (Fsp3) is 0. The lowest BCUT2D eigenvalue weighted by Crippen LogP contribution is -2.12. The molecule has 0 saturated heterocycles. The molecule has 0 aliphatic heterocycles. The van der Waals surface area contributed by atoms with E-state index in [0.29, 0.717) is 0 Å². The highest BCUT2D eigenvalue weighted by molar-refractivity contribution is 6.16. The maximum absolute atomic E-state index is 2.47. The molecule has 0 bridgehead atoms. The molecule has 0 fully saturated rings. The zero-order valence-electron chi connectivity index (χ0n) is 37.8. The molecule has 11 aromatic carbocycles. The molecule has 324 valence electrons. The highest BCUT2D eigenvalue weighted by atomic mass is 15.1. The van der Waals surface area contributed by atoms with Crippen molar-refractivity contribution in [1.82, 2.24) is 9.13 Å². The summed E-state index contributed by atoms with van der Waals surface area (Å²) in [6, 6.07) is 99.2. The Morgan fingerprint density at radius 3 is 1.39 bits per heavy atom. The van der Waals surface area contributed by atoms with E-state index in [0.717, 1.165) is 50.6 Å². The molecule has 2 heterocycles. The lowest BCUT2D eigenvalue weighted by molar-refractivity contribution is 1.18. The Bertz CT molecular complexity index is 3980. The van der Waals surface area contributed by atoms with E-state index in [-0.39, 0.29) is 0 Å². The van der Waals surface area contributed by atoms with E-state index in [1.54, 1.807) is 0 Å². The van der Waals surface area contributed by atoms with Crippen molar-refractivity contribution < 1.29 is 0 Å². The summed E-state index contributed by atoms with van der Waals surface area (Å²) in [6.45, 7) is 0. The first-order valence-corrected chi connectivity index (χ1v) is 23.7. The SMILES string of the molecule is c1ccc(-c2ccccc2-c2c(-c3ccccc3)cccc2N(c2ccc(-c3cccc4c3c3ccccc3n4-c3ccccc3)cc2)c2ccc3c4ccccc4n(-c4ccccc4)c3c2)cc1. The van der Waals surface area contributed by atoms with Crippen LogP contribution in [0.15, 0.2) is 273 Å². The first-order valence-electron chi connectivity index (χ1n) is 23.7. The van der Waals surface area contributed by atoms with Gasteiger partial charge in [-0.05, 0) is 112 Å². The van der Waals surface area contributed by atoms with Crippen LogP contribution in [0.3, 0.4) is 0 Å². The van der Waals surface area contributed by atoms with Crippen LogP contribution in [0.2, 0.25) is 0 Å². The Balaban J connectivity index is 1.07. The number of anilines is 3. The molecule has 0 unspecified atom stereocenters. The van der Waals surface area contributed by atoms with Gasteiger partial charge >= 0.3 is 0 Å². The van der Waals surface area contributed by atoms with Gasteiger partial charge in [0.2, 0.25) is 0 Å². The molecular weight excluding hydrogens is 835 g/mol. The summed E-state index contributed by atoms with van der Waals surface area (Å²) in [4.78, 5) is 2.47. The van der Waals surface area contributed by atoms with E-state index >= 15 is 0 Å². The Kier molecular flexibility index (Phi) is 9.84. The monoisotopic (exact) mass is 879 g/mol. The van der Waals surface area contributed by atoms with Gasteiger partial charge in [-0.15, -0.1) is 0 Å². The summed E-state index contributed by atoms with van der Waals surface area (Å²) in [5.41, 5.74) is 19.6. The average molecular weight is 880 g/mol. The van der Waals surface area contributed by atoms with Crippen LogP contribution in [0.25, 0.3) is 99.5 Å². The van der Waals surface area contributed by atoms with Gasteiger partial charge < -0.3 is 14.0 Å². The first kappa shape index (κ1) is 40.1. The van der Waals surface area contributed by atoms with Crippen molar-refractivity contribution in [3.63, 3.8) is 0 Å². The fourth-order valence-electron chi connectivity index (χ4n) is 10.7. The van der Waals surface area contributed by atoms with Crippen molar-refractivity contribution in [2.24, 2.45) is 0 Å². The molecule has 0 amide bonds. The third-order valence-electron chi connectivity index (χ3n) is 13.7. The minimum absolute atomic E-state index is 1.06. The van der Waals surface area contributed by atoms with Crippen LogP contribution in [0.4, 0.5) is 17.1 Å². The van der Waals surface area contributed by atoms with Gasteiger partial charge in [-0.3, -0.25) is 0 Å². The molecule has 0 saturated carbocycles. The van der Waals surface area contributed by atoms with Gasteiger partial charge in [0, 0.05) is 49.9 Å². The number of benzene rings is 11. The zero-order chi connectivity index (χ0) is 45.7. The molecule has 0 spiro atoms. The minimum atomic E-state index is 1.06. The van der Waals surface area contributed by atoms with Gasteiger partial charge in [0.1, 0.15) is 0 Å². The summed E-state index contributed by atoms with van der Waals surface area (Å²) >= 11 is 0. The largest absolute Gasteiger partial charge is 0.310 e. The summed E-state index contributed by atoms with van der Waals surface area (Å²) in [6.07, 6.45) is 0. The Labute approximate surface area is 401 Å². The van der Waals surface area contributed by atoms with E-state index in [1.807, 2.05) is 0 Å². The standard InChI is InChI=1S/C66H45N3/c1-5-21-46(22-6-1)53-29-13-14-31-58(53)65-54(47-23-7-2-8-24-47)33-19-37-62(65)67(52-43-44-57-56-30-15-17-35-60(56)69(64(57)45-52)50-27-11-4-12-28-50)51-41-39-48(40-42-51)55-34-20-38-63-66(55)59-32-16-18-36-61(59)68(63)49-25-9-3-10-26-49/h1-45H. The van der Waals surface area contributed by atoms with Crippen LogP contribution in [-0.4, -0.2) is 9.13 Å². The second-order valence-electron chi connectivity index (χ2n) is 17.6. The van der Waals surface area contributed by atoms with Gasteiger partial charge in [-0.25, -0.2) is 0 Å². The summed E-state index contributed by atoms with van der Waals surface area (Å²) in [5.74, 6) is 0. The third kappa shape index (κ3) is 6.82. The van der Waals surface area contributed by atoms with Crippen LogP contribution in [0, 0.1) is 0 Å². The molecule has 0 aliphatic rings. The Morgan fingerprint density at radius 1 is 0.261 bits per heavy atom. The van der Waals surface area contributed by atoms with E-state index < -0.39 is 0 Å². The fourth-order valence-corrected chi connectivity index (χ4v) is 10.7.